The van der Waals surface area contributed by atoms with Crippen molar-refractivity contribution in [3.8, 4) is 11.3 Å². The SMILES string of the molecule is CC(C)(C)c1nnc(C=O)o1.CNC1CCCCc2cc(-c3ccnc(Nc4cnn(C)c4)n3)ccc21. The summed E-state index contributed by atoms with van der Waals surface area (Å²) in [6.45, 7) is 5.82. The number of aldehydes is 1. The molecule has 3 aromatic heterocycles. The van der Waals surface area contributed by atoms with Gasteiger partial charge in [-0.05, 0) is 49.6 Å². The highest BCUT2D eigenvalue weighted by Crippen LogP contribution is 2.31. The number of nitrogens with one attached hydrogen (secondary N) is 2. The molecule has 0 aliphatic heterocycles. The number of aromatic nitrogens is 6. The fraction of sp³-hybridized carbons (Fsp3) is 0.407. The molecule has 0 bridgehead atoms. The number of hydrogen-bond donors (Lipinski definition) is 2. The van der Waals surface area contributed by atoms with Gasteiger partial charge in [-0.15, -0.1) is 10.2 Å². The van der Waals surface area contributed by atoms with E-state index in [-0.39, 0.29) is 11.3 Å². The molecule has 0 saturated heterocycles. The molecule has 4 aromatic rings. The third kappa shape index (κ3) is 6.65. The molecular formula is C27H34N8O2. The molecule has 0 fully saturated rings. The Hall–Kier alpha value is -3.92. The molecule has 1 aromatic carbocycles. The van der Waals surface area contributed by atoms with Crippen LogP contribution in [0.2, 0.25) is 0 Å². The van der Waals surface area contributed by atoms with Crippen LogP contribution in [-0.4, -0.2) is 43.3 Å². The van der Waals surface area contributed by atoms with E-state index in [1.54, 1.807) is 17.1 Å². The van der Waals surface area contributed by atoms with Crippen molar-refractivity contribution in [1.29, 1.82) is 0 Å². The van der Waals surface area contributed by atoms with Gasteiger partial charge in [0.15, 0.2) is 0 Å². The highest BCUT2D eigenvalue weighted by molar-refractivity contribution is 5.66. The first kappa shape index (κ1) is 26.2. The van der Waals surface area contributed by atoms with Gasteiger partial charge in [-0.25, -0.2) is 9.97 Å². The number of rotatable bonds is 5. The van der Waals surface area contributed by atoms with Gasteiger partial charge in [0.25, 0.3) is 5.89 Å². The van der Waals surface area contributed by atoms with E-state index in [1.807, 2.05) is 40.1 Å². The number of hydrogen-bond acceptors (Lipinski definition) is 9. The first-order valence-corrected chi connectivity index (χ1v) is 12.4. The number of aryl methyl sites for hydroxylation is 2. The summed E-state index contributed by atoms with van der Waals surface area (Å²) in [5, 5.41) is 18.0. The van der Waals surface area contributed by atoms with E-state index in [1.165, 1.54) is 30.4 Å². The van der Waals surface area contributed by atoms with Crippen molar-refractivity contribution >= 4 is 17.9 Å². The standard InChI is InChI=1S/C20H24N6.C7H10N2O2/c1-21-19-6-4-3-5-14-11-15(7-8-17(14)19)18-9-10-22-20(25-18)24-16-12-23-26(2)13-16;1-7(2,3)6-9-8-5(4-10)11-6/h7-13,19,21H,3-6H2,1-2H3,(H,22,24,25);4H,1-3H3. The van der Waals surface area contributed by atoms with Gasteiger partial charge in [0.2, 0.25) is 18.1 Å². The Labute approximate surface area is 216 Å². The molecule has 10 nitrogen and oxygen atoms in total. The maximum absolute atomic E-state index is 10.2. The van der Waals surface area contributed by atoms with Crippen LogP contribution in [0.5, 0.6) is 0 Å². The summed E-state index contributed by atoms with van der Waals surface area (Å²) in [7, 11) is 3.94. The Morgan fingerprint density at radius 3 is 2.65 bits per heavy atom. The van der Waals surface area contributed by atoms with Gasteiger partial charge in [-0.1, -0.05) is 39.3 Å². The van der Waals surface area contributed by atoms with Crippen molar-refractivity contribution < 1.29 is 9.21 Å². The fourth-order valence-electron chi connectivity index (χ4n) is 4.22. The summed E-state index contributed by atoms with van der Waals surface area (Å²) >= 11 is 0. The van der Waals surface area contributed by atoms with Gasteiger partial charge in [0, 0.05) is 36.5 Å². The molecule has 1 aliphatic carbocycles. The molecule has 3 heterocycles. The smallest absolute Gasteiger partial charge is 0.280 e. The number of anilines is 2. The van der Waals surface area contributed by atoms with E-state index in [0.29, 0.717) is 24.2 Å². The first-order chi connectivity index (χ1) is 17.8. The van der Waals surface area contributed by atoms with Gasteiger partial charge in [-0.3, -0.25) is 9.48 Å². The molecule has 37 heavy (non-hydrogen) atoms. The summed E-state index contributed by atoms with van der Waals surface area (Å²) in [4.78, 5) is 19.2. The van der Waals surface area contributed by atoms with Crippen molar-refractivity contribution in [1.82, 2.24) is 35.3 Å². The normalized spacial score (nSPS) is 15.2. The Bertz CT molecular complexity index is 1340. The lowest BCUT2D eigenvalue weighted by molar-refractivity contribution is 0.109. The maximum Gasteiger partial charge on any atom is 0.280 e. The van der Waals surface area contributed by atoms with Gasteiger partial charge >= 0.3 is 0 Å². The van der Waals surface area contributed by atoms with Crippen LogP contribution in [0.4, 0.5) is 11.6 Å². The maximum atomic E-state index is 10.2. The number of benzene rings is 1. The average molecular weight is 503 g/mol. The third-order valence-corrected chi connectivity index (χ3v) is 6.15. The summed E-state index contributed by atoms with van der Waals surface area (Å²) in [6, 6.07) is 9.14. The van der Waals surface area contributed by atoms with Crippen molar-refractivity contribution in [3.05, 3.63) is 65.8 Å². The lowest BCUT2D eigenvalue weighted by Crippen LogP contribution is -2.16. The summed E-state index contributed by atoms with van der Waals surface area (Å²) in [5.41, 5.74) is 5.62. The van der Waals surface area contributed by atoms with Gasteiger partial charge < -0.3 is 15.1 Å². The van der Waals surface area contributed by atoms with E-state index in [4.69, 9.17) is 4.42 Å². The molecule has 0 saturated carbocycles. The lowest BCUT2D eigenvalue weighted by Gasteiger charge is -2.17. The predicted octanol–water partition coefficient (Wildman–Crippen LogP) is 4.79. The third-order valence-electron chi connectivity index (χ3n) is 6.15. The van der Waals surface area contributed by atoms with Crippen LogP contribution in [0, 0.1) is 0 Å². The second-order valence-electron chi connectivity index (χ2n) is 10.1. The largest absolute Gasteiger partial charge is 0.418 e. The molecule has 1 atom stereocenters. The van der Waals surface area contributed by atoms with E-state index in [0.717, 1.165) is 23.4 Å². The van der Waals surface area contributed by atoms with E-state index in [2.05, 4.69) is 61.1 Å². The van der Waals surface area contributed by atoms with Crippen molar-refractivity contribution in [2.24, 2.45) is 7.05 Å². The number of fused-ring (bicyclic) bond motifs is 1. The Kier molecular flexibility index (Phi) is 8.08. The minimum atomic E-state index is -0.186. The van der Waals surface area contributed by atoms with Crippen molar-refractivity contribution in [3.63, 3.8) is 0 Å². The van der Waals surface area contributed by atoms with E-state index < -0.39 is 0 Å². The lowest BCUT2D eigenvalue weighted by atomic mass is 9.96. The van der Waals surface area contributed by atoms with Gasteiger partial charge in [-0.2, -0.15) is 5.10 Å². The highest BCUT2D eigenvalue weighted by Gasteiger charge is 2.21. The Morgan fingerprint density at radius 1 is 1.16 bits per heavy atom. The van der Waals surface area contributed by atoms with Gasteiger partial charge in [0.05, 0.1) is 17.6 Å². The zero-order valence-corrected chi connectivity index (χ0v) is 22.0. The van der Waals surface area contributed by atoms with Crippen LogP contribution in [0.15, 0.2) is 47.3 Å². The van der Waals surface area contributed by atoms with Crippen LogP contribution in [0.25, 0.3) is 11.3 Å². The Balaban J connectivity index is 0.000000245. The topological polar surface area (TPSA) is 124 Å². The van der Waals surface area contributed by atoms with Crippen molar-refractivity contribution in [2.75, 3.05) is 12.4 Å². The number of nitrogens with zero attached hydrogens (tertiary/aromatic N) is 6. The summed E-state index contributed by atoms with van der Waals surface area (Å²) in [5.74, 6) is 1.10. The van der Waals surface area contributed by atoms with Gasteiger partial charge in [0.1, 0.15) is 0 Å². The summed E-state index contributed by atoms with van der Waals surface area (Å²) < 4.78 is 6.75. The van der Waals surface area contributed by atoms with Crippen molar-refractivity contribution in [2.45, 2.75) is 57.9 Å². The molecule has 0 amide bonds. The average Bonchev–Trinajstić information content (AvgIpc) is 3.48. The molecule has 0 radical (unpaired) electrons. The molecule has 194 valence electrons. The molecule has 10 heteroatoms. The fourth-order valence-corrected chi connectivity index (χ4v) is 4.22. The second-order valence-corrected chi connectivity index (χ2v) is 10.1. The monoisotopic (exact) mass is 502 g/mol. The van der Waals surface area contributed by atoms with Crippen LogP contribution >= 0.6 is 0 Å². The zero-order chi connectivity index (χ0) is 26.4. The predicted molar refractivity (Wildman–Crippen MR) is 142 cm³/mol. The van der Waals surface area contributed by atoms with Crippen LogP contribution in [0.1, 0.15) is 73.8 Å². The molecule has 0 spiro atoms. The zero-order valence-electron chi connectivity index (χ0n) is 22.0. The van der Waals surface area contributed by atoms with E-state index >= 15 is 0 Å². The van der Waals surface area contributed by atoms with E-state index in [9.17, 15) is 4.79 Å². The Morgan fingerprint density at radius 2 is 2.00 bits per heavy atom. The number of carbonyl (C=O) groups is 1. The molecule has 2 N–H and O–H groups in total. The highest BCUT2D eigenvalue weighted by atomic mass is 16.4. The molecule has 5 rings (SSSR count). The number of carbonyl (C=O) groups excluding carboxylic acids is 1. The molecule has 1 aliphatic rings. The summed E-state index contributed by atoms with van der Waals surface area (Å²) in [6.07, 6.45) is 10.8. The van der Waals surface area contributed by atoms with Crippen LogP contribution in [0.3, 0.4) is 0 Å². The quantitative estimate of drug-likeness (QED) is 0.293. The minimum Gasteiger partial charge on any atom is -0.418 e. The van der Waals surface area contributed by atoms with Crippen LogP contribution < -0.4 is 10.6 Å². The first-order valence-electron chi connectivity index (χ1n) is 12.4. The molecule has 1 unspecified atom stereocenters. The second kappa shape index (κ2) is 11.4. The minimum absolute atomic E-state index is 0.0370. The van der Waals surface area contributed by atoms with Crippen LogP contribution in [-0.2, 0) is 18.9 Å². The molecular weight excluding hydrogens is 468 g/mol.